The molecule has 2 aromatic carbocycles. The molecule has 0 radical (unpaired) electrons. The highest BCUT2D eigenvalue weighted by molar-refractivity contribution is 6.29. The predicted octanol–water partition coefficient (Wildman–Crippen LogP) is 4.42. The molecule has 1 atom stereocenters. The largest absolute Gasteiger partial charge is 0.494 e. The first-order valence-electron chi connectivity index (χ1n) is 8.03. The van der Waals surface area contributed by atoms with Gasteiger partial charge in [0.15, 0.2) is 0 Å². The van der Waals surface area contributed by atoms with Gasteiger partial charge in [0.05, 0.1) is 13.2 Å². The summed E-state index contributed by atoms with van der Waals surface area (Å²) in [5.41, 5.74) is 3.50. The summed E-state index contributed by atoms with van der Waals surface area (Å²) in [7, 11) is 1.64. The lowest BCUT2D eigenvalue weighted by atomic mass is 9.93. The molecular formula is C19H18ClN3O. The number of anilines is 1. The van der Waals surface area contributed by atoms with Gasteiger partial charge in [0.25, 0.3) is 0 Å². The van der Waals surface area contributed by atoms with Crippen LogP contribution in [0.5, 0.6) is 5.75 Å². The Balaban J connectivity index is 1.88. The first-order chi connectivity index (χ1) is 11.7. The molecule has 2 heterocycles. The third-order valence-corrected chi connectivity index (χ3v) is 4.90. The highest BCUT2D eigenvalue weighted by Gasteiger charge is 2.26. The lowest BCUT2D eigenvalue weighted by Gasteiger charge is -2.36. The molecule has 24 heavy (non-hydrogen) atoms. The van der Waals surface area contributed by atoms with Crippen molar-refractivity contribution in [2.24, 2.45) is 0 Å². The van der Waals surface area contributed by atoms with Gasteiger partial charge < -0.3 is 9.64 Å². The van der Waals surface area contributed by atoms with E-state index in [1.807, 2.05) is 18.2 Å². The molecule has 0 amide bonds. The van der Waals surface area contributed by atoms with Crippen LogP contribution in [0.1, 0.15) is 24.1 Å². The van der Waals surface area contributed by atoms with Crippen molar-refractivity contribution in [1.82, 2.24) is 9.97 Å². The van der Waals surface area contributed by atoms with Crippen LogP contribution in [0, 0.1) is 0 Å². The number of halogens is 1. The minimum atomic E-state index is 0.232. The van der Waals surface area contributed by atoms with Crippen molar-refractivity contribution in [1.29, 1.82) is 0 Å². The van der Waals surface area contributed by atoms with Gasteiger partial charge >= 0.3 is 0 Å². The molecule has 5 heteroatoms. The molecule has 0 saturated heterocycles. The zero-order valence-corrected chi connectivity index (χ0v) is 14.4. The summed E-state index contributed by atoms with van der Waals surface area (Å²) >= 11 is 6.22. The molecule has 122 valence electrons. The van der Waals surface area contributed by atoms with E-state index in [9.17, 15) is 0 Å². The van der Waals surface area contributed by atoms with Crippen molar-refractivity contribution in [3.8, 4) is 5.75 Å². The maximum atomic E-state index is 6.22. The van der Waals surface area contributed by atoms with Gasteiger partial charge in [0, 0.05) is 11.9 Å². The Hall–Kier alpha value is -2.33. The summed E-state index contributed by atoms with van der Waals surface area (Å²) in [5.74, 6) is 1.58. The van der Waals surface area contributed by atoms with E-state index in [0.29, 0.717) is 5.75 Å². The van der Waals surface area contributed by atoms with Crippen LogP contribution in [0.4, 0.5) is 5.82 Å². The zero-order chi connectivity index (χ0) is 16.7. The van der Waals surface area contributed by atoms with Crippen molar-refractivity contribution in [2.45, 2.75) is 19.4 Å². The molecular weight excluding hydrogens is 322 g/mol. The predicted molar refractivity (Wildman–Crippen MR) is 97.0 cm³/mol. The number of methoxy groups -OCH3 is 1. The van der Waals surface area contributed by atoms with Gasteiger partial charge in [-0.25, -0.2) is 4.98 Å². The Kier molecular flexibility index (Phi) is 3.77. The fraction of sp³-hybridized carbons (Fsp3) is 0.263. The Morgan fingerprint density at radius 1 is 1.12 bits per heavy atom. The van der Waals surface area contributed by atoms with Crippen molar-refractivity contribution >= 4 is 28.3 Å². The summed E-state index contributed by atoms with van der Waals surface area (Å²) < 4.78 is 5.44. The van der Waals surface area contributed by atoms with Gasteiger partial charge in [-0.1, -0.05) is 30.3 Å². The van der Waals surface area contributed by atoms with Gasteiger partial charge in [-0.15, -0.1) is 0 Å². The van der Waals surface area contributed by atoms with Crippen LogP contribution >= 0.6 is 11.6 Å². The van der Waals surface area contributed by atoms with Crippen LogP contribution in [-0.2, 0) is 6.42 Å². The summed E-state index contributed by atoms with van der Waals surface area (Å²) in [4.78, 5) is 11.2. The molecule has 0 fully saturated rings. The van der Waals surface area contributed by atoms with Crippen molar-refractivity contribution in [3.05, 3.63) is 58.9 Å². The van der Waals surface area contributed by atoms with Crippen molar-refractivity contribution < 1.29 is 4.74 Å². The second kappa shape index (κ2) is 5.95. The SMILES string of the molecule is COc1cccc2c(N3CCc4ccccc4C3C)nc(Cl)nc12. The third-order valence-electron chi connectivity index (χ3n) is 4.73. The molecule has 1 aliphatic heterocycles. The molecule has 0 N–H and O–H groups in total. The molecule has 1 unspecified atom stereocenters. The Morgan fingerprint density at radius 3 is 2.79 bits per heavy atom. The minimum Gasteiger partial charge on any atom is -0.494 e. The summed E-state index contributed by atoms with van der Waals surface area (Å²) in [6, 6.07) is 14.7. The van der Waals surface area contributed by atoms with Gasteiger partial charge in [0.2, 0.25) is 5.28 Å². The number of aromatic nitrogens is 2. The van der Waals surface area contributed by atoms with E-state index >= 15 is 0 Å². The molecule has 1 aliphatic rings. The number of rotatable bonds is 2. The zero-order valence-electron chi connectivity index (χ0n) is 13.7. The maximum Gasteiger partial charge on any atom is 0.225 e. The van der Waals surface area contributed by atoms with Crippen LogP contribution in [0.2, 0.25) is 5.28 Å². The number of fused-ring (bicyclic) bond motifs is 2. The molecule has 0 saturated carbocycles. The summed E-state index contributed by atoms with van der Waals surface area (Å²) in [5, 5.41) is 1.21. The first kappa shape index (κ1) is 15.2. The number of ether oxygens (including phenoxy) is 1. The Morgan fingerprint density at radius 2 is 1.96 bits per heavy atom. The van der Waals surface area contributed by atoms with E-state index in [4.69, 9.17) is 16.3 Å². The molecule has 3 aromatic rings. The van der Waals surface area contributed by atoms with Gasteiger partial charge in [-0.05, 0) is 48.2 Å². The lowest BCUT2D eigenvalue weighted by molar-refractivity contribution is 0.419. The van der Waals surface area contributed by atoms with E-state index in [1.54, 1.807) is 7.11 Å². The van der Waals surface area contributed by atoms with Crippen molar-refractivity contribution in [3.63, 3.8) is 0 Å². The van der Waals surface area contributed by atoms with E-state index in [2.05, 4.69) is 46.1 Å². The quantitative estimate of drug-likeness (QED) is 0.648. The van der Waals surface area contributed by atoms with Gasteiger partial charge in [0.1, 0.15) is 17.1 Å². The van der Waals surface area contributed by atoms with Crippen LogP contribution in [0.25, 0.3) is 10.9 Å². The smallest absolute Gasteiger partial charge is 0.225 e. The average molecular weight is 340 g/mol. The molecule has 0 aliphatic carbocycles. The van der Waals surface area contributed by atoms with Crippen LogP contribution in [0.15, 0.2) is 42.5 Å². The fourth-order valence-corrected chi connectivity index (χ4v) is 3.69. The second-order valence-corrected chi connectivity index (χ2v) is 6.33. The fourth-order valence-electron chi connectivity index (χ4n) is 3.53. The lowest BCUT2D eigenvalue weighted by Crippen LogP contribution is -2.34. The van der Waals surface area contributed by atoms with Crippen LogP contribution in [-0.4, -0.2) is 23.6 Å². The van der Waals surface area contributed by atoms with Crippen molar-refractivity contribution in [2.75, 3.05) is 18.6 Å². The van der Waals surface area contributed by atoms with Crippen LogP contribution in [0.3, 0.4) is 0 Å². The highest BCUT2D eigenvalue weighted by Crippen LogP contribution is 2.37. The number of nitrogens with zero attached hydrogens (tertiary/aromatic N) is 3. The van der Waals surface area contributed by atoms with E-state index in [1.165, 1.54) is 11.1 Å². The van der Waals surface area contributed by atoms with E-state index < -0.39 is 0 Å². The normalized spacial score (nSPS) is 17.0. The summed E-state index contributed by atoms with van der Waals surface area (Å²) in [6.07, 6.45) is 0.994. The highest BCUT2D eigenvalue weighted by atomic mass is 35.5. The van der Waals surface area contributed by atoms with E-state index in [-0.39, 0.29) is 11.3 Å². The Labute approximate surface area is 146 Å². The van der Waals surface area contributed by atoms with Gasteiger partial charge in [-0.3, -0.25) is 0 Å². The number of hydrogen-bond donors (Lipinski definition) is 0. The molecule has 4 nitrogen and oxygen atoms in total. The average Bonchev–Trinajstić information content (AvgIpc) is 2.61. The molecule has 4 rings (SSSR count). The number of hydrogen-bond acceptors (Lipinski definition) is 4. The standard InChI is InChI=1S/C19H18ClN3O/c1-12-14-7-4-3-6-13(14)10-11-23(12)18-15-8-5-9-16(24-2)17(15)21-19(20)22-18/h3-9,12H,10-11H2,1-2H3. The maximum absolute atomic E-state index is 6.22. The Bertz CT molecular complexity index is 912. The minimum absolute atomic E-state index is 0.232. The number of benzene rings is 2. The first-order valence-corrected chi connectivity index (χ1v) is 8.41. The number of para-hydroxylation sites is 1. The summed E-state index contributed by atoms with van der Waals surface area (Å²) in [6.45, 7) is 3.11. The molecule has 0 spiro atoms. The van der Waals surface area contributed by atoms with Crippen LogP contribution < -0.4 is 9.64 Å². The topological polar surface area (TPSA) is 38.2 Å². The van der Waals surface area contributed by atoms with E-state index in [0.717, 1.165) is 29.7 Å². The van der Waals surface area contributed by atoms with Gasteiger partial charge in [-0.2, -0.15) is 4.98 Å². The molecule has 1 aromatic heterocycles. The second-order valence-electron chi connectivity index (χ2n) is 5.99. The monoisotopic (exact) mass is 339 g/mol. The molecule has 0 bridgehead atoms. The third kappa shape index (κ3) is 2.38.